The van der Waals surface area contributed by atoms with E-state index in [9.17, 15) is 35.1 Å². The topological polar surface area (TPSA) is 163 Å². The molecule has 1 rings (SSSR count). The van der Waals surface area contributed by atoms with Crippen molar-refractivity contribution in [1.82, 2.24) is 0 Å². The highest BCUT2D eigenvalue weighted by atomic mass is 16.7. The zero-order valence-electron chi connectivity index (χ0n) is 21.0. The molecule has 2 unspecified atom stereocenters. The normalized spacial score (nSPS) is 28.1. The minimum absolute atomic E-state index is 0.0119. The number of ketones is 1. The van der Waals surface area contributed by atoms with E-state index >= 15 is 0 Å². The average molecular weight is 493 g/mol. The van der Waals surface area contributed by atoms with Gasteiger partial charge in [-0.05, 0) is 18.8 Å². The molecule has 1 fully saturated rings. The molecule has 0 amide bonds. The van der Waals surface area contributed by atoms with E-state index in [1.807, 2.05) is 27.7 Å². The molecular weight excluding hydrogens is 448 g/mol. The average Bonchev–Trinajstić information content (AvgIpc) is 3.04. The first-order chi connectivity index (χ1) is 15.9. The molecule has 0 spiro atoms. The van der Waals surface area contributed by atoms with E-state index in [1.165, 1.54) is 6.92 Å². The first-order valence-electron chi connectivity index (χ1n) is 12.3. The second kappa shape index (κ2) is 15.1. The summed E-state index contributed by atoms with van der Waals surface area (Å²) in [5.41, 5.74) is 0. The molecule has 1 saturated heterocycles. The van der Waals surface area contributed by atoms with Crippen LogP contribution in [0.25, 0.3) is 0 Å². The summed E-state index contributed by atoms with van der Waals surface area (Å²) in [7, 11) is 0. The van der Waals surface area contributed by atoms with Crippen molar-refractivity contribution < 1.29 is 49.3 Å². The van der Waals surface area contributed by atoms with Crippen LogP contribution in [0.2, 0.25) is 0 Å². The third-order valence-corrected chi connectivity index (χ3v) is 6.58. The van der Waals surface area contributed by atoms with Gasteiger partial charge in [0, 0.05) is 19.3 Å². The standard InChI is InChI=1S/C24H44O10/c1-6-13(3)18(9-16(27)8-15(5)26)32-21(29)11-17(28)10-19(14(4)7-2)33-24-23(31)22(30)20(12-25)34-24/h13-14,16-20,22-25,27-28,30-31H,6-12H2,1-5H3/t13-,14-,16+,17-,18-,19-,20-,22?,23?,24+/m0/s1. The van der Waals surface area contributed by atoms with Gasteiger partial charge in [0.25, 0.3) is 0 Å². The van der Waals surface area contributed by atoms with Crippen LogP contribution in [0.5, 0.6) is 0 Å². The summed E-state index contributed by atoms with van der Waals surface area (Å²) in [5, 5.41) is 50.0. The van der Waals surface area contributed by atoms with Gasteiger partial charge in [-0.3, -0.25) is 9.59 Å². The van der Waals surface area contributed by atoms with Crippen LogP contribution in [0.15, 0.2) is 0 Å². The second-order valence-corrected chi connectivity index (χ2v) is 9.57. The van der Waals surface area contributed by atoms with Crippen LogP contribution >= 0.6 is 0 Å². The second-order valence-electron chi connectivity index (χ2n) is 9.57. The molecule has 34 heavy (non-hydrogen) atoms. The van der Waals surface area contributed by atoms with E-state index in [0.717, 1.165) is 0 Å². The predicted octanol–water partition coefficient (Wildman–Crippen LogP) is 0.686. The van der Waals surface area contributed by atoms with Gasteiger partial charge >= 0.3 is 5.97 Å². The molecule has 10 heteroatoms. The Morgan fingerprint density at radius 3 is 1.94 bits per heavy atom. The largest absolute Gasteiger partial charge is 0.462 e. The quantitative estimate of drug-likeness (QED) is 0.194. The minimum Gasteiger partial charge on any atom is -0.462 e. The van der Waals surface area contributed by atoms with Crippen molar-refractivity contribution in [3.05, 3.63) is 0 Å². The fourth-order valence-electron chi connectivity index (χ4n) is 3.94. The fourth-order valence-corrected chi connectivity index (χ4v) is 3.94. The molecule has 0 aliphatic carbocycles. The van der Waals surface area contributed by atoms with Gasteiger partial charge in [-0.1, -0.05) is 40.5 Å². The van der Waals surface area contributed by atoms with Gasteiger partial charge in [0.1, 0.15) is 30.2 Å². The molecule has 0 aromatic rings. The van der Waals surface area contributed by atoms with E-state index in [1.54, 1.807) is 0 Å². The Kier molecular flexibility index (Phi) is 13.7. The highest BCUT2D eigenvalue weighted by Gasteiger charge is 2.44. The molecule has 0 bridgehead atoms. The number of aliphatic hydroxyl groups is 5. The number of carbonyl (C=O) groups is 2. The van der Waals surface area contributed by atoms with Gasteiger partial charge in [0.2, 0.25) is 0 Å². The summed E-state index contributed by atoms with van der Waals surface area (Å²) >= 11 is 0. The number of ether oxygens (including phenoxy) is 3. The smallest absolute Gasteiger partial charge is 0.308 e. The summed E-state index contributed by atoms with van der Waals surface area (Å²) < 4.78 is 16.8. The Hall–Kier alpha value is -1.14. The molecule has 1 heterocycles. The van der Waals surface area contributed by atoms with Crippen molar-refractivity contribution in [3.8, 4) is 0 Å². The van der Waals surface area contributed by atoms with Crippen molar-refractivity contribution in [1.29, 1.82) is 0 Å². The number of rotatable bonds is 16. The van der Waals surface area contributed by atoms with Crippen molar-refractivity contribution in [3.63, 3.8) is 0 Å². The Balaban J connectivity index is 2.71. The number of esters is 1. The van der Waals surface area contributed by atoms with Crippen molar-refractivity contribution in [2.24, 2.45) is 11.8 Å². The zero-order valence-corrected chi connectivity index (χ0v) is 21.0. The monoisotopic (exact) mass is 492 g/mol. The first-order valence-corrected chi connectivity index (χ1v) is 12.3. The van der Waals surface area contributed by atoms with Gasteiger partial charge < -0.3 is 39.7 Å². The lowest BCUT2D eigenvalue weighted by atomic mass is 9.94. The van der Waals surface area contributed by atoms with Crippen molar-refractivity contribution >= 4 is 11.8 Å². The molecule has 1 aliphatic rings. The third kappa shape index (κ3) is 9.85. The van der Waals surface area contributed by atoms with Crippen molar-refractivity contribution in [2.75, 3.05) is 6.61 Å². The number of hydrogen-bond acceptors (Lipinski definition) is 10. The Morgan fingerprint density at radius 2 is 1.44 bits per heavy atom. The van der Waals surface area contributed by atoms with Crippen molar-refractivity contribution in [2.45, 2.75) is 122 Å². The van der Waals surface area contributed by atoms with Gasteiger partial charge in [-0.2, -0.15) is 0 Å². The zero-order chi connectivity index (χ0) is 26.0. The number of hydrogen-bond donors (Lipinski definition) is 5. The lowest BCUT2D eigenvalue weighted by Crippen LogP contribution is -2.39. The molecule has 0 aromatic carbocycles. The Morgan fingerprint density at radius 1 is 0.912 bits per heavy atom. The van der Waals surface area contributed by atoms with E-state index in [-0.39, 0.29) is 43.3 Å². The number of Topliss-reactive ketones (excluding diaryl/α,β-unsaturated/α-hetero) is 1. The summed E-state index contributed by atoms with van der Waals surface area (Å²) in [6.07, 6.45) is -6.62. The Labute approximate surface area is 202 Å². The molecule has 10 nitrogen and oxygen atoms in total. The van der Waals surface area contributed by atoms with Crippen LogP contribution in [0.1, 0.15) is 73.1 Å². The maximum atomic E-state index is 12.5. The van der Waals surface area contributed by atoms with Gasteiger partial charge in [-0.15, -0.1) is 0 Å². The molecule has 1 aliphatic heterocycles. The summed E-state index contributed by atoms with van der Waals surface area (Å²) in [6.45, 7) is 8.57. The number of carbonyl (C=O) groups excluding carboxylic acids is 2. The van der Waals surface area contributed by atoms with Crippen LogP contribution in [0, 0.1) is 11.8 Å². The maximum absolute atomic E-state index is 12.5. The first kappa shape index (κ1) is 30.9. The van der Waals surface area contributed by atoms with Crippen LogP contribution in [0.4, 0.5) is 0 Å². The summed E-state index contributed by atoms with van der Waals surface area (Å²) in [5.74, 6) is -0.863. The summed E-state index contributed by atoms with van der Waals surface area (Å²) in [6, 6.07) is 0. The molecule has 5 N–H and O–H groups in total. The molecule has 200 valence electrons. The highest BCUT2D eigenvalue weighted by molar-refractivity contribution is 5.76. The van der Waals surface area contributed by atoms with E-state index in [0.29, 0.717) is 12.8 Å². The molecule has 10 atom stereocenters. The minimum atomic E-state index is -1.34. The SMILES string of the molecule is CC[C@H](C)[C@H](C[C@H](O)CC(C)=O)OC(=O)C[C@@H](O)C[C@H](O[C@@H]1O[C@@H](CO)C(O)C1O)[C@@H](C)CC. The van der Waals surface area contributed by atoms with Crippen LogP contribution in [-0.4, -0.2) is 92.9 Å². The third-order valence-electron chi connectivity index (χ3n) is 6.58. The lowest BCUT2D eigenvalue weighted by molar-refractivity contribution is -0.208. The lowest BCUT2D eigenvalue weighted by Gasteiger charge is -2.30. The summed E-state index contributed by atoms with van der Waals surface area (Å²) in [4.78, 5) is 23.8. The highest BCUT2D eigenvalue weighted by Crippen LogP contribution is 2.28. The van der Waals surface area contributed by atoms with Crippen LogP contribution < -0.4 is 0 Å². The molecular formula is C24H44O10. The molecule has 0 aromatic heterocycles. The van der Waals surface area contributed by atoms with E-state index < -0.39 is 61.6 Å². The Bertz CT molecular complexity index is 615. The predicted molar refractivity (Wildman–Crippen MR) is 123 cm³/mol. The maximum Gasteiger partial charge on any atom is 0.308 e. The fraction of sp³-hybridized carbons (Fsp3) is 0.917. The molecule has 0 saturated carbocycles. The van der Waals surface area contributed by atoms with Gasteiger partial charge in [0.15, 0.2) is 6.29 Å². The van der Waals surface area contributed by atoms with E-state index in [2.05, 4.69) is 0 Å². The molecule has 0 radical (unpaired) electrons. The van der Waals surface area contributed by atoms with Crippen LogP contribution in [-0.2, 0) is 23.8 Å². The number of aliphatic hydroxyl groups excluding tert-OH is 5. The van der Waals surface area contributed by atoms with Gasteiger partial charge in [0.05, 0.1) is 31.3 Å². The van der Waals surface area contributed by atoms with Crippen LogP contribution in [0.3, 0.4) is 0 Å². The van der Waals surface area contributed by atoms with Gasteiger partial charge in [-0.25, -0.2) is 0 Å². The van der Waals surface area contributed by atoms with E-state index in [4.69, 9.17) is 14.2 Å².